The zero-order valence-electron chi connectivity index (χ0n) is 6.82. The highest BCUT2D eigenvalue weighted by Gasteiger charge is 2.07. The SMILES string of the molecule is Cc1cccc(C(C#N)C=O)c1. The van der Waals surface area contributed by atoms with Gasteiger partial charge in [-0.05, 0) is 12.5 Å². The summed E-state index contributed by atoms with van der Waals surface area (Å²) >= 11 is 0. The third-order valence-corrected chi connectivity index (χ3v) is 1.68. The second kappa shape index (κ2) is 3.68. The molecule has 0 heterocycles. The van der Waals surface area contributed by atoms with Crippen molar-refractivity contribution < 1.29 is 4.79 Å². The molecule has 0 radical (unpaired) electrons. The van der Waals surface area contributed by atoms with Gasteiger partial charge in [0.05, 0.1) is 6.07 Å². The van der Waals surface area contributed by atoms with Gasteiger partial charge in [0.25, 0.3) is 0 Å². The standard InChI is InChI=1S/C10H9NO/c1-8-3-2-4-9(5-8)10(6-11)7-12/h2-5,7,10H,1H3. The van der Waals surface area contributed by atoms with Crippen molar-refractivity contribution in [3.63, 3.8) is 0 Å². The highest BCUT2D eigenvalue weighted by atomic mass is 16.1. The summed E-state index contributed by atoms with van der Waals surface area (Å²) in [6.07, 6.45) is 0.661. The first-order chi connectivity index (χ1) is 5.77. The van der Waals surface area contributed by atoms with Crippen molar-refractivity contribution in [2.75, 3.05) is 0 Å². The van der Waals surface area contributed by atoms with Gasteiger partial charge in [-0.3, -0.25) is 0 Å². The minimum Gasteiger partial charge on any atom is -0.302 e. The molecule has 1 unspecified atom stereocenters. The Balaban J connectivity index is 3.03. The Morgan fingerprint density at radius 3 is 2.83 bits per heavy atom. The Morgan fingerprint density at radius 2 is 2.33 bits per heavy atom. The first kappa shape index (κ1) is 8.48. The van der Waals surface area contributed by atoms with E-state index in [0.29, 0.717) is 6.29 Å². The van der Waals surface area contributed by atoms with E-state index in [1.165, 1.54) is 0 Å². The van der Waals surface area contributed by atoms with Crippen molar-refractivity contribution in [1.82, 2.24) is 0 Å². The van der Waals surface area contributed by atoms with Gasteiger partial charge in [-0.15, -0.1) is 0 Å². The number of aldehydes is 1. The van der Waals surface area contributed by atoms with Crippen LogP contribution in [-0.2, 0) is 4.79 Å². The fourth-order valence-corrected chi connectivity index (χ4v) is 1.05. The molecule has 0 N–H and O–H groups in total. The molecular formula is C10H9NO. The van der Waals surface area contributed by atoms with E-state index in [-0.39, 0.29) is 0 Å². The Labute approximate surface area is 71.4 Å². The third-order valence-electron chi connectivity index (χ3n) is 1.68. The molecule has 0 saturated heterocycles. The normalized spacial score (nSPS) is 11.7. The van der Waals surface area contributed by atoms with Crippen molar-refractivity contribution >= 4 is 6.29 Å². The summed E-state index contributed by atoms with van der Waals surface area (Å²) in [5.41, 5.74) is 1.84. The summed E-state index contributed by atoms with van der Waals surface area (Å²) in [4.78, 5) is 10.4. The summed E-state index contributed by atoms with van der Waals surface area (Å²) in [7, 11) is 0. The molecule has 1 aromatic rings. The van der Waals surface area contributed by atoms with Crippen LogP contribution in [0.4, 0.5) is 0 Å². The largest absolute Gasteiger partial charge is 0.302 e. The zero-order valence-corrected chi connectivity index (χ0v) is 6.82. The molecule has 60 valence electrons. The van der Waals surface area contributed by atoms with Crippen LogP contribution in [0, 0.1) is 18.3 Å². The molecule has 0 aromatic heterocycles. The predicted octanol–water partition coefficient (Wildman–Crippen LogP) is 1.80. The van der Waals surface area contributed by atoms with E-state index in [1.807, 2.05) is 31.2 Å². The second-order valence-electron chi connectivity index (χ2n) is 2.66. The average molecular weight is 159 g/mol. The van der Waals surface area contributed by atoms with E-state index < -0.39 is 5.92 Å². The first-order valence-corrected chi connectivity index (χ1v) is 3.69. The molecule has 0 aliphatic heterocycles. The van der Waals surface area contributed by atoms with Crippen LogP contribution in [0.3, 0.4) is 0 Å². The van der Waals surface area contributed by atoms with Crippen molar-refractivity contribution in [1.29, 1.82) is 5.26 Å². The van der Waals surface area contributed by atoms with Gasteiger partial charge >= 0.3 is 0 Å². The first-order valence-electron chi connectivity index (χ1n) is 3.69. The third kappa shape index (κ3) is 1.70. The number of nitriles is 1. The lowest BCUT2D eigenvalue weighted by molar-refractivity contribution is -0.108. The topological polar surface area (TPSA) is 40.9 Å². The molecule has 0 bridgehead atoms. The lowest BCUT2D eigenvalue weighted by Crippen LogP contribution is -1.96. The van der Waals surface area contributed by atoms with E-state index in [9.17, 15) is 4.79 Å². The summed E-state index contributed by atoms with van der Waals surface area (Å²) in [6.45, 7) is 1.93. The highest BCUT2D eigenvalue weighted by Crippen LogP contribution is 2.13. The van der Waals surface area contributed by atoms with Crippen LogP contribution in [0.2, 0.25) is 0 Å². The predicted molar refractivity (Wildman–Crippen MR) is 45.6 cm³/mol. The van der Waals surface area contributed by atoms with Crippen LogP contribution in [0.1, 0.15) is 17.0 Å². The number of aryl methyl sites for hydroxylation is 1. The smallest absolute Gasteiger partial charge is 0.141 e. The molecule has 2 nitrogen and oxygen atoms in total. The number of nitrogens with zero attached hydrogens (tertiary/aromatic N) is 1. The van der Waals surface area contributed by atoms with Gasteiger partial charge in [-0.1, -0.05) is 29.8 Å². The number of benzene rings is 1. The molecule has 0 fully saturated rings. The van der Waals surface area contributed by atoms with Gasteiger partial charge in [-0.25, -0.2) is 0 Å². The maximum atomic E-state index is 10.4. The fourth-order valence-electron chi connectivity index (χ4n) is 1.05. The molecule has 12 heavy (non-hydrogen) atoms. The molecule has 0 spiro atoms. The van der Waals surface area contributed by atoms with Crippen LogP contribution in [0.15, 0.2) is 24.3 Å². The van der Waals surface area contributed by atoms with Gasteiger partial charge in [0.1, 0.15) is 12.2 Å². The van der Waals surface area contributed by atoms with E-state index in [0.717, 1.165) is 11.1 Å². The van der Waals surface area contributed by atoms with Gasteiger partial charge < -0.3 is 4.79 Å². The Morgan fingerprint density at radius 1 is 1.58 bits per heavy atom. The summed E-state index contributed by atoms with van der Waals surface area (Å²) in [5.74, 6) is -0.620. The van der Waals surface area contributed by atoms with Crippen LogP contribution < -0.4 is 0 Å². The van der Waals surface area contributed by atoms with Gasteiger partial charge in [-0.2, -0.15) is 5.26 Å². The van der Waals surface area contributed by atoms with Gasteiger partial charge in [0, 0.05) is 0 Å². The monoisotopic (exact) mass is 159 g/mol. The minimum absolute atomic E-state index is 0.620. The molecule has 1 rings (SSSR count). The van der Waals surface area contributed by atoms with Crippen LogP contribution in [-0.4, -0.2) is 6.29 Å². The number of carbonyl (C=O) groups excluding carboxylic acids is 1. The molecule has 0 amide bonds. The maximum absolute atomic E-state index is 10.4. The van der Waals surface area contributed by atoms with Crippen LogP contribution in [0.25, 0.3) is 0 Å². The quantitative estimate of drug-likeness (QED) is 0.617. The Bertz CT molecular complexity index is 325. The molecular weight excluding hydrogens is 150 g/mol. The zero-order chi connectivity index (χ0) is 8.97. The molecule has 2 heteroatoms. The van der Waals surface area contributed by atoms with E-state index in [4.69, 9.17) is 5.26 Å². The number of hydrogen-bond donors (Lipinski definition) is 0. The van der Waals surface area contributed by atoms with Crippen LogP contribution in [0.5, 0.6) is 0 Å². The Hall–Kier alpha value is -1.62. The maximum Gasteiger partial charge on any atom is 0.141 e. The molecule has 1 atom stereocenters. The van der Waals surface area contributed by atoms with Gasteiger partial charge in [0.2, 0.25) is 0 Å². The number of hydrogen-bond acceptors (Lipinski definition) is 2. The molecule has 0 aliphatic carbocycles. The highest BCUT2D eigenvalue weighted by molar-refractivity contribution is 5.66. The summed E-state index contributed by atoms with van der Waals surface area (Å²) < 4.78 is 0. The average Bonchev–Trinajstić information content (AvgIpc) is 2.07. The van der Waals surface area contributed by atoms with Crippen molar-refractivity contribution in [3.05, 3.63) is 35.4 Å². The van der Waals surface area contributed by atoms with Crippen molar-refractivity contribution in [2.24, 2.45) is 0 Å². The van der Waals surface area contributed by atoms with Crippen LogP contribution >= 0.6 is 0 Å². The van der Waals surface area contributed by atoms with Gasteiger partial charge in [0.15, 0.2) is 0 Å². The lowest BCUT2D eigenvalue weighted by atomic mass is 10.0. The van der Waals surface area contributed by atoms with E-state index in [2.05, 4.69) is 0 Å². The van der Waals surface area contributed by atoms with E-state index in [1.54, 1.807) is 6.07 Å². The summed E-state index contributed by atoms with van der Waals surface area (Å²) in [5, 5.41) is 8.59. The number of rotatable bonds is 2. The fraction of sp³-hybridized carbons (Fsp3) is 0.200. The molecule has 1 aromatic carbocycles. The molecule has 0 saturated carbocycles. The molecule has 0 aliphatic rings. The summed E-state index contributed by atoms with van der Waals surface area (Å²) in [6, 6.07) is 9.34. The lowest BCUT2D eigenvalue weighted by Gasteiger charge is -2.01. The van der Waals surface area contributed by atoms with Crippen molar-refractivity contribution in [3.8, 4) is 6.07 Å². The second-order valence-corrected chi connectivity index (χ2v) is 2.66. The minimum atomic E-state index is -0.620. The van der Waals surface area contributed by atoms with E-state index >= 15 is 0 Å². The van der Waals surface area contributed by atoms with Crippen molar-refractivity contribution in [2.45, 2.75) is 12.8 Å². The number of carbonyl (C=O) groups is 1. The Kier molecular flexibility index (Phi) is 2.60.